The fraction of sp³-hybridized carbons (Fsp3) is 0.148. The van der Waals surface area contributed by atoms with Crippen molar-refractivity contribution in [2.24, 2.45) is 0 Å². The highest BCUT2D eigenvalue weighted by molar-refractivity contribution is 5.95. The van der Waals surface area contributed by atoms with Gasteiger partial charge in [-0.05, 0) is 42.3 Å². The number of benzene rings is 3. The number of rotatable bonds is 7. The molecule has 0 aliphatic carbocycles. The van der Waals surface area contributed by atoms with E-state index in [0.29, 0.717) is 16.8 Å². The van der Waals surface area contributed by atoms with Gasteiger partial charge in [-0.1, -0.05) is 54.6 Å². The molecule has 3 aromatic rings. The first-order valence-corrected chi connectivity index (χ1v) is 10.9. The second kappa shape index (κ2) is 10.6. The van der Waals surface area contributed by atoms with Gasteiger partial charge in [-0.3, -0.25) is 0 Å². The van der Waals surface area contributed by atoms with E-state index in [1.165, 1.54) is 7.11 Å². The largest absolute Gasteiger partial charge is 0.493 e. The summed E-state index contributed by atoms with van der Waals surface area (Å²) in [5, 5.41) is 5.38. The first kappa shape index (κ1) is 23.6. The van der Waals surface area contributed by atoms with Gasteiger partial charge in [0, 0.05) is 5.70 Å². The van der Waals surface area contributed by atoms with E-state index < -0.39 is 24.0 Å². The van der Waals surface area contributed by atoms with E-state index in [9.17, 15) is 14.4 Å². The number of allylic oxidation sites excluding steroid dienone is 1. The lowest BCUT2D eigenvalue weighted by molar-refractivity contribution is -0.140. The Kier molecular flexibility index (Phi) is 7.11. The number of ether oxygens (including phenoxy) is 3. The minimum absolute atomic E-state index is 0.0921. The fourth-order valence-corrected chi connectivity index (χ4v) is 3.70. The predicted molar refractivity (Wildman–Crippen MR) is 128 cm³/mol. The van der Waals surface area contributed by atoms with Crippen LogP contribution in [-0.2, 0) is 16.1 Å². The van der Waals surface area contributed by atoms with Gasteiger partial charge >= 0.3 is 18.0 Å². The molecule has 1 heterocycles. The molecule has 1 unspecified atom stereocenters. The molecule has 2 N–H and O–H groups in total. The molecule has 3 aromatic carbocycles. The monoisotopic (exact) mass is 472 g/mol. The highest BCUT2D eigenvalue weighted by atomic mass is 16.6. The molecule has 178 valence electrons. The summed E-state index contributed by atoms with van der Waals surface area (Å²) in [6.45, 7) is 1.73. The van der Waals surface area contributed by atoms with E-state index in [2.05, 4.69) is 10.6 Å². The number of nitrogens with one attached hydrogen (secondary N) is 2. The van der Waals surface area contributed by atoms with E-state index in [4.69, 9.17) is 14.2 Å². The lowest BCUT2D eigenvalue weighted by Crippen LogP contribution is -2.45. The van der Waals surface area contributed by atoms with Crippen molar-refractivity contribution >= 4 is 18.0 Å². The zero-order chi connectivity index (χ0) is 24.8. The predicted octanol–water partition coefficient (Wildman–Crippen LogP) is 4.29. The average molecular weight is 472 g/mol. The maximum Gasteiger partial charge on any atom is 0.343 e. The van der Waals surface area contributed by atoms with Gasteiger partial charge in [0.15, 0.2) is 11.5 Å². The van der Waals surface area contributed by atoms with Crippen molar-refractivity contribution in [3.63, 3.8) is 0 Å². The second-order valence-corrected chi connectivity index (χ2v) is 7.80. The third kappa shape index (κ3) is 5.50. The smallest absolute Gasteiger partial charge is 0.343 e. The Bertz CT molecular complexity index is 1270. The maximum absolute atomic E-state index is 13.0. The van der Waals surface area contributed by atoms with Crippen molar-refractivity contribution in [1.82, 2.24) is 10.6 Å². The zero-order valence-corrected chi connectivity index (χ0v) is 19.2. The highest BCUT2D eigenvalue weighted by Gasteiger charge is 2.33. The SMILES string of the molecule is COc1cc(C2NC(=O)NC(C)=C2C(=O)OCc2ccccc2)ccc1OC(=O)c1ccccc1. The first-order valence-electron chi connectivity index (χ1n) is 10.9. The summed E-state index contributed by atoms with van der Waals surface area (Å²) < 4.78 is 16.5. The van der Waals surface area contributed by atoms with E-state index in [0.717, 1.165) is 5.56 Å². The normalized spacial score (nSPS) is 15.0. The minimum Gasteiger partial charge on any atom is -0.493 e. The van der Waals surface area contributed by atoms with Gasteiger partial charge in [-0.15, -0.1) is 0 Å². The molecule has 35 heavy (non-hydrogen) atoms. The van der Waals surface area contributed by atoms with Crippen LogP contribution in [0.3, 0.4) is 0 Å². The molecule has 0 radical (unpaired) electrons. The summed E-state index contributed by atoms with van der Waals surface area (Å²) in [6, 6.07) is 21.5. The van der Waals surface area contributed by atoms with E-state index >= 15 is 0 Å². The van der Waals surface area contributed by atoms with Crippen LogP contribution in [0.15, 0.2) is 90.1 Å². The number of hydrogen-bond donors (Lipinski definition) is 2. The van der Waals surface area contributed by atoms with Crippen molar-refractivity contribution in [2.45, 2.75) is 19.6 Å². The molecule has 0 fully saturated rings. The van der Waals surface area contributed by atoms with Crippen LogP contribution in [0.2, 0.25) is 0 Å². The Morgan fingerprint density at radius 2 is 1.57 bits per heavy atom. The number of hydrogen-bond acceptors (Lipinski definition) is 6. The molecule has 8 heteroatoms. The second-order valence-electron chi connectivity index (χ2n) is 7.80. The van der Waals surface area contributed by atoms with Gasteiger partial charge in [0.25, 0.3) is 0 Å². The molecule has 1 aliphatic rings. The lowest BCUT2D eigenvalue weighted by Gasteiger charge is -2.28. The summed E-state index contributed by atoms with van der Waals surface area (Å²) >= 11 is 0. The number of methoxy groups -OCH3 is 1. The zero-order valence-electron chi connectivity index (χ0n) is 19.2. The summed E-state index contributed by atoms with van der Waals surface area (Å²) in [4.78, 5) is 37.7. The molecule has 0 saturated carbocycles. The maximum atomic E-state index is 13.0. The average Bonchev–Trinajstić information content (AvgIpc) is 2.88. The summed E-state index contributed by atoms with van der Waals surface area (Å²) in [6.07, 6.45) is 0. The van der Waals surface area contributed by atoms with Crippen molar-refractivity contribution in [3.8, 4) is 11.5 Å². The van der Waals surface area contributed by atoms with Crippen LogP contribution < -0.4 is 20.1 Å². The number of esters is 2. The van der Waals surface area contributed by atoms with Gasteiger partial charge in [-0.2, -0.15) is 0 Å². The van der Waals surface area contributed by atoms with Crippen LogP contribution in [0.4, 0.5) is 4.79 Å². The van der Waals surface area contributed by atoms with Crippen LogP contribution in [0, 0.1) is 0 Å². The Labute approximate surface area is 202 Å². The van der Waals surface area contributed by atoms with Crippen LogP contribution in [0.5, 0.6) is 11.5 Å². The summed E-state index contributed by atoms with van der Waals surface area (Å²) in [5.74, 6) is -0.622. The number of carbonyl (C=O) groups excluding carboxylic acids is 3. The van der Waals surface area contributed by atoms with Crippen molar-refractivity contribution < 1.29 is 28.6 Å². The van der Waals surface area contributed by atoms with E-state index in [1.807, 2.05) is 30.3 Å². The molecule has 0 aromatic heterocycles. The first-order chi connectivity index (χ1) is 17.0. The number of carbonyl (C=O) groups is 3. The van der Waals surface area contributed by atoms with Gasteiger partial charge < -0.3 is 24.8 Å². The molecule has 2 amide bonds. The van der Waals surface area contributed by atoms with Gasteiger partial charge in [-0.25, -0.2) is 14.4 Å². The number of urea groups is 1. The third-order valence-corrected chi connectivity index (χ3v) is 5.43. The van der Waals surface area contributed by atoms with E-state index in [1.54, 1.807) is 55.5 Å². The van der Waals surface area contributed by atoms with Crippen LogP contribution in [0.25, 0.3) is 0 Å². The topological polar surface area (TPSA) is 103 Å². The molecule has 8 nitrogen and oxygen atoms in total. The van der Waals surface area contributed by atoms with Crippen molar-refractivity contribution in [3.05, 3.63) is 107 Å². The Morgan fingerprint density at radius 1 is 0.886 bits per heavy atom. The van der Waals surface area contributed by atoms with Crippen LogP contribution >= 0.6 is 0 Å². The quantitative estimate of drug-likeness (QED) is 0.393. The molecule has 1 aliphatic heterocycles. The Morgan fingerprint density at radius 3 is 2.26 bits per heavy atom. The Hall–Kier alpha value is -4.59. The molecule has 0 bridgehead atoms. The summed E-state index contributed by atoms with van der Waals surface area (Å²) in [5.41, 5.74) is 2.44. The molecular weight excluding hydrogens is 448 g/mol. The van der Waals surface area contributed by atoms with Crippen LogP contribution in [0.1, 0.15) is 34.5 Å². The van der Waals surface area contributed by atoms with Crippen LogP contribution in [-0.4, -0.2) is 25.1 Å². The van der Waals surface area contributed by atoms with E-state index in [-0.39, 0.29) is 23.7 Å². The standard InChI is InChI=1S/C27H24N2O6/c1-17-23(26(31)34-16-18-9-5-3-6-10-18)24(29-27(32)28-17)20-13-14-21(22(15-20)33-2)35-25(30)19-11-7-4-8-12-19/h3-15,24H,16H2,1-2H3,(H2,28,29,32). The molecule has 1 atom stereocenters. The van der Waals surface area contributed by atoms with Gasteiger partial charge in [0.2, 0.25) is 0 Å². The summed E-state index contributed by atoms with van der Waals surface area (Å²) in [7, 11) is 1.44. The molecule has 0 spiro atoms. The minimum atomic E-state index is -0.792. The van der Waals surface area contributed by atoms with Gasteiger partial charge in [0.1, 0.15) is 6.61 Å². The number of amides is 2. The van der Waals surface area contributed by atoms with Crippen molar-refractivity contribution in [2.75, 3.05) is 7.11 Å². The third-order valence-electron chi connectivity index (χ3n) is 5.43. The fourth-order valence-electron chi connectivity index (χ4n) is 3.70. The van der Waals surface area contributed by atoms with Gasteiger partial charge in [0.05, 0.1) is 24.3 Å². The molecule has 4 rings (SSSR count). The highest BCUT2D eigenvalue weighted by Crippen LogP contribution is 2.35. The Balaban J connectivity index is 1.58. The molecule has 0 saturated heterocycles. The molecular formula is C27H24N2O6. The van der Waals surface area contributed by atoms with Crippen molar-refractivity contribution in [1.29, 1.82) is 0 Å². The lowest BCUT2D eigenvalue weighted by atomic mass is 9.95.